The van der Waals surface area contributed by atoms with Crippen LogP contribution in [0.25, 0.3) is 0 Å². The van der Waals surface area contributed by atoms with Crippen molar-refractivity contribution in [2.45, 2.75) is 17.9 Å². The zero-order valence-corrected chi connectivity index (χ0v) is 14.9. The first-order valence-electron chi connectivity index (χ1n) is 7.66. The summed E-state index contributed by atoms with van der Waals surface area (Å²) < 4.78 is 0. The maximum Gasteiger partial charge on any atom is 0.324 e. The first kappa shape index (κ1) is 18.3. The smallest absolute Gasteiger partial charge is 0.324 e. The van der Waals surface area contributed by atoms with E-state index in [1.54, 1.807) is 30.6 Å². The fourth-order valence-electron chi connectivity index (χ4n) is 2.40. The largest absolute Gasteiger partial charge is 0.336 e. The Balaban J connectivity index is 1.93. The molecule has 1 aliphatic rings. The summed E-state index contributed by atoms with van der Waals surface area (Å²) in [6, 6.07) is 6.61. The number of likely N-dealkylation sites (N-methyl/N-ethyl adjacent to an activating group) is 1. The molecule has 1 aromatic carbocycles. The van der Waals surface area contributed by atoms with Gasteiger partial charge in [-0.1, -0.05) is 12.1 Å². The molecule has 0 spiro atoms. The van der Waals surface area contributed by atoms with Gasteiger partial charge >= 0.3 is 6.03 Å². The minimum atomic E-state index is -0.560. The number of nitrogens with one attached hydrogen (secondary N) is 2. The molecular weight excluding hydrogens is 328 g/mol. The Hall–Kier alpha value is -2.06. The van der Waals surface area contributed by atoms with Crippen LogP contribution in [0.4, 0.5) is 10.5 Å². The number of imide groups is 1. The molecule has 0 saturated carbocycles. The number of urea groups is 1. The van der Waals surface area contributed by atoms with E-state index in [9.17, 15) is 14.4 Å². The number of thioether (sulfide) groups is 1. The Morgan fingerprint density at radius 3 is 2.75 bits per heavy atom. The number of nitrogens with zero attached hydrogens (tertiary/aromatic N) is 2. The number of benzene rings is 1. The zero-order chi connectivity index (χ0) is 17.7. The lowest BCUT2D eigenvalue weighted by molar-refractivity contribution is -0.132. The minimum absolute atomic E-state index is 0.0606. The van der Waals surface area contributed by atoms with Crippen molar-refractivity contribution in [3.8, 4) is 0 Å². The van der Waals surface area contributed by atoms with Crippen LogP contribution in [0.2, 0.25) is 0 Å². The van der Waals surface area contributed by atoms with Gasteiger partial charge in [-0.15, -0.1) is 11.8 Å². The van der Waals surface area contributed by atoms with Crippen LogP contribution in [0.5, 0.6) is 0 Å². The van der Waals surface area contributed by atoms with Crippen LogP contribution in [-0.4, -0.2) is 66.6 Å². The van der Waals surface area contributed by atoms with Crippen molar-refractivity contribution < 1.29 is 14.4 Å². The van der Waals surface area contributed by atoms with E-state index >= 15 is 0 Å². The molecule has 1 saturated heterocycles. The fraction of sp³-hybridized carbons (Fsp3) is 0.438. The summed E-state index contributed by atoms with van der Waals surface area (Å²) in [5, 5.41) is 5.46. The molecule has 8 heteroatoms. The molecule has 0 unspecified atom stereocenters. The quantitative estimate of drug-likeness (QED) is 0.754. The van der Waals surface area contributed by atoms with Crippen LogP contribution in [0.1, 0.15) is 6.92 Å². The number of rotatable bonds is 6. The Bertz CT molecular complexity index is 638. The van der Waals surface area contributed by atoms with Crippen LogP contribution in [0, 0.1) is 0 Å². The van der Waals surface area contributed by atoms with Gasteiger partial charge < -0.3 is 10.6 Å². The molecule has 1 aliphatic heterocycles. The van der Waals surface area contributed by atoms with Crippen molar-refractivity contribution in [2.24, 2.45) is 0 Å². The monoisotopic (exact) mass is 350 g/mol. The lowest BCUT2D eigenvalue weighted by Crippen LogP contribution is -2.48. The van der Waals surface area contributed by atoms with E-state index in [-0.39, 0.29) is 24.4 Å². The second kappa shape index (κ2) is 8.16. The van der Waals surface area contributed by atoms with Crippen LogP contribution in [-0.2, 0) is 9.59 Å². The second-order valence-corrected chi connectivity index (χ2v) is 6.41. The first-order valence-corrected chi connectivity index (χ1v) is 8.89. The summed E-state index contributed by atoms with van der Waals surface area (Å²) in [7, 11) is 1.69. The van der Waals surface area contributed by atoms with E-state index in [0.717, 1.165) is 10.6 Å². The molecule has 0 aliphatic carbocycles. The average molecular weight is 350 g/mol. The van der Waals surface area contributed by atoms with Gasteiger partial charge in [0.2, 0.25) is 11.8 Å². The summed E-state index contributed by atoms with van der Waals surface area (Å²) in [5.41, 5.74) is 0.751. The standard InChI is InChI=1S/C16H22N4O3S/c1-11(15(22)20-9-8-17-16(20)23)19(2)10-14(21)18-12-6-4-5-7-13(12)24-3/h4-7,11H,8-10H2,1-3H3,(H,17,23)(H,18,21)/t11-/m1/s1. The fourth-order valence-corrected chi connectivity index (χ4v) is 2.95. The van der Waals surface area contributed by atoms with Crippen molar-refractivity contribution in [1.82, 2.24) is 15.1 Å². The molecular formula is C16H22N4O3S. The third kappa shape index (κ3) is 4.27. The van der Waals surface area contributed by atoms with Gasteiger partial charge in [-0.3, -0.25) is 19.4 Å². The molecule has 7 nitrogen and oxygen atoms in total. The molecule has 1 heterocycles. The number of anilines is 1. The molecule has 0 bridgehead atoms. The van der Waals surface area contributed by atoms with Crippen molar-refractivity contribution in [1.29, 1.82) is 0 Å². The molecule has 2 rings (SSSR count). The third-order valence-corrected chi connectivity index (χ3v) is 4.71. The van der Waals surface area contributed by atoms with Gasteiger partial charge in [0.15, 0.2) is 0 Å². The molecule has 130 valence electrons. The van der Waals surface area contributed by atoms with Crippen molar-refractivity contribution in [3.63, 3.8) is 0 Å². The number of carbonyl (C=O) groups is 3. The number of hydrogen-bond donors (Lipinski definition) is 2. The average Bonchev–Trinajstić information content (AvgIpc) is 2.99. The molecule has 0 aromatic heterocycles. The number of carbonyl (C=O) groups excluding carboxylic acids is 3. The van der Waals surface area contributed by atoms with Crippen molar-refractivity contribution in [3.05, 3.63) is 24.3 Å². The molecule has 1 aromatic rings. The summed E-state index contributed by atoms with van der Waals surface area (Å²) >= 11 is 1.55. The molecule has 2 N–H and O–H groups in total. The van der Waals surface area contributed by atoms with Crippen LogP contribution >= 0.6 is 11.8 Å². The van der Waals surface area contributed by atoms with Gasteiger partial charge in [0, 0.05) is 18.0 Å². The molecule has 0 radical (unpaired) electrons. The summed E-state index contributed by atoms with van der Waals surface area (Å²) in [4.78, 5) is 39.9. The molecule has 24 heavy (non-hydrogen) atoms. The van der Waals surface area contributed by atoms with E-state index in [1.165, 1.54) is 4.90 Å². The van der Waals surface area contributed by atoms with Crippen LogP contribution in [0.15, 0.2) is 29.2 Å². The van der Waals surface area contributed by atoms with E-state index in [2.05, 4.69) is 10.6 Å². The summed E-state index contributed by atoms with van der Waals surface area (Å²) in [5.74, 6) is -0.505. The highest BCUT2D eigenvalue weighted by molar-refractivity contribution is 7.98. The third-order valence-electron chi connectivity index (χ3n) is 3.92. The van der Waals surface area contributed by atoms with Gasteiger partial charge in [0.1, 0.15) is 0 Å². The molecule has 1 atom stereocenters. The second-order valence-electron chi connectivity index (χ2n) is 5.56. The predicted octanol–water partition coefficient (Wildman–Crippen LogP) is 1.22. The summed E-state index contributed by atoms with van der Waals surface area (Å²) in [6.07, 6.45) is 1.94. The Labute approximate surface area is 145 Å². The van der Waals surface area contributed by atoms with Gasteiger partial charge in [0.25, 0.3) is 0 Å². The predicted molar refractivity (Wildman–Crippen MR) is 94.1 cm³/mol. The van der Waals surface area contributed by atoms with Gasteiger partial charge in [0.05, 0.1) is 18.3 Å². The van der Waals surface area contributed by atoms with E-state index < -0.39 is 6.04 Å². The van der Waals surface area contributed by atoms with Crippen LogP contribution < -0.4 is 10.6 Å². The maximum absolute atomic E-state index is 12.3. The van der Waals surface area contributed by atoms with Crippen molar-refractivity contribution in [2.75, 3.05) is 38.3 Å². The topological polar surface area (TPSA) is 81.8 Å². The van der Waals surface area contributed by atoms with Gasteiger partial charge in [-0.05, 0) is 32.4 Å². The Morgan fingerprint density at radius 1 is 1.42 bits per heavy atom. The maximum atomic E-state index is 12.3. The van der Waals surface area contributed by atoms with Gasteiger partial charge in [-0.25, -0.2) is 4.79 Å². The normalized spacial score (nSPS) is 15.3. The van der Waals surface area contributed by atoms with E-state index in [0.29, 0.717) is 13.1 Å². The first-order chi connectivity index (χ1) is 11.4. The number of para-hydroxylation sites is 1. The number of amides is 4. The van der Waals surface area contributed by atoms with E-state index in [4.69, 9.17) is 0 Å². The SMILES string of the molecule is CSc1ccccc1NC(=O)CN(C)[C@H](C)C(=O)N1CCNC1=O. The Kier molecular flexibility index (Phi) is 6.22. The molecule has 4 amide bonds. The highest BCUT2D eigenvalue weighted by Crippen LogP contribution is 2.24. The Morgan fingerprint density at radius 2 is 2.12 bits per heavy atom. The van der Waals surface area contributed by atoms with E-state index in [1.807, 2.05) is 30.5 Å². The lowest BCUT2D eigenvalue weighted by Gasteiger charge is -2.26. The highest BCUT2D eigenvalue weighted by atomic mass is 32.2. The summed E-state index contributed by atoms with van der Waals surface area (Å²) in [6.45, 7) is 2.58. The van der Waals surface area contributed by atoms with Crippen LogP contribution in [0.3, 0.4) is 0 Å². The lowest BCUT2D eigenvalue weighted by atomic mass is 10.2. The minimum Gasteiger partial charge on any atom is -0.336 e. The zero-order valence-electron chi connectivity index (χ0n) is 14.0. The number of hydrogen-bond acceptors (Lipinski definition) is 5. The van der Waals surface area contributed by atoms with Crippen molar-refractivity contribution >= 4 is 35.3 Å². The van der Waals surface area contributed by atoms with Gasteiger partial charge in [-0.2, -0.15) is 0 Å². The molecule has 1 fully saturated rings. The highest BCUT2D eigenvalue weighted by Gasteiger charge is 2.31.